The number of rotatable bonds is 10. The summed E-state index contributed by atoms with van der Waals surface area (Å²) in [6.07, 6.45) is 11.2. The van der Waals surface area contributed by atoms with Crippen LogP contribution in [0.2, 0.25) is 0 Å². The zero-order chi connectivity index (χ0) is 44.9. The molecule has 0 spiro atoms. The first-order valence-electron chi connectivity index (χ1n) is 21.0. The van der Waals surface area contributed by atoms with Crippen LogP contribution in [0.1, 0.15) is 92.6 Å². The minimum atomic E-state index is -1.18. The van der Waals surface area contributed by atoms with Crippen molar-refractivity contribution in [3.63, 3.8) is 0 Å². The molecule has 334 valence electrons. The molecule has 0 aromatic heterocycles. The molecule has 60 heavy (non-hydrogen) atoms. The number of aliphatic hydroxyl groups excluding tert-OH is 2. The number of likely N-dealkylation sites (N-methyl/N-ethyl adjacent to an activating group) is 1. The van der Waals surface area contributed by atoms with E-state index in [0.29, 0.717) is 30.4 Å². The number of esters is 1. The molecule has 2 heterocycles. The van der Waals surface area contributed by atoms with Crippen LogP contribution < -0.4 is 16.1 Å². The van der Waals surface area contributed by atoms with E-state index >= 15 is 0 Å². The number of nitrogens with one attached hydrogen (secondary N) is 3. The second kappa shape index (κ2) is 26.4. The number of carbonyl (C=O) groups is 5. The maximum Gasteiger partial charge on any atom is 0.325 e. The summed E-state index contributed by atoms with van der Waals surface area (Å²) in [5.41, 5.74) is 4.22. The molecule has 2 aliphatic heterocycles. The van der Waals surface area contributed by atoms with Crippen molar-refractivity contribution in [2.75, 3.05) is 20.7 Å². The van der Waals surface area contributed by atoms with Gasteiger partial charge in [0.1, 0.15) is 30.0 Å². The van der Waals surface area contributed by atoms with Crippen molar-refractivity contribution in [2.24, 2.45) is 17.8 Å². The highest BCUT2D eigenvalue weighted by Crippen LogP contribution is 2.24. The molecule has 15 heteroatoms. The Morgan fingerprint density at radius 1 is 1.07 bits per heavy atom. The highest BCUT2D eigenvalue weighted by Gasteiger charge is 2.38. The second-order valence-electron chi connectivity index (χ2n) is 15.5. The summed E-state index contributed by atoms with van der Waals surface area (Å²) in [6.45, 7) is 12.9. The third kappa shape index (κ3) is 16.7. The molecule has 5 unspecified atom stereocenters. The third-order valence-corrected chi connectivity index (χ3v) is 10.4. The second-order valence-corrected chi connectivity index (χ2v) is 15.5. The molecular weight excluding hydrogens is 771 g/mol. The number of ether oxygens (including phenoxy) is 1. The molecule has 8 atom stereocenters. The van der Waals surface area contributed by atoms with E-state index in [4.69, 9.17) is 9.57 Å². The first kappa shape index (κ1) is 51.3. The van der Waals surface area contributed by atoms with Gasteiger partial charge in [-0.2, -0.15) is 0 Å². The lowest BCUT2D eigenvalue weighted by atomic mass is 9.85. The predicted molar refractivity (Wildman–Crippen MR) is 229 cm³/mol. The van der Waals surface area contributed by atoms with Crippen molar-refractivity contribution in [1.82, 2.24) is 26.1 Å². The van der Waals surface area contributed by atoms with Gasteiger partial charge in [0, 0.05) is 32.5 Å². The normalized spacial score (nSPS) is 27.0. The number of hydrazine groups is 1. The molecule has 3 rings (SSSR count). The number of fused-ring (bicyclic) bond motifs is 2. The summed E-state index contributed by atoms with van der Waals surface area (Å²) in [4.78, 5) is 73.2. The first-order chi connectivity index (χ1) is 28.5. The Bertz CT molecular complexity index is 1670. The van der Waals surface area contributed by atoms with Gasteiger partial charge in [-0.15, -0.1) is 0 Å². The Hall–Kier alpha value is -4.83. The maximum atomic E-state index is 14.3. The average molecular weight is 840 g/mol. The zero-order valence-corrected chi connectivity index (χ0v) is 36.8. The Morgan fingerprint density at radius 2 is 1.75 bits per heavy atom. The van der Waals surface area contributed by atoms with Gasteiger partial charge in [-0.3, -0.25) is 33.8 Å². The number of benzene rings is 1. The number of amides is 4. The third-order valence-electron chi connectivity index (χ3n) is 10.4. The van der Waals surface area contributed by atoms with Crippen LogP contribution >= 0.6 is 0 Å². The zero-order valence-electron chi connectivity index (χ0n) is 36.8. The van der Waals surface area contributed by atoms with E-state index in [-0.39, 0.29) is 49.8 Å². The molecule has 6 N–H and O–H groups in total. The van der Waals surface area contributed by atoms with Gasteiger partial charge in [0.25, 0.3) is 11.8 Å². The Morgan fingerprint density at radius 3 is 2.38 bits per heavy atom. The Kier molecular flexibility index (Phi) is 22.6. The molecule has 1 fully saturated rings. The van der Waals surface area contributed by atoms with E-state index in [2.05, 4.69) is 16.1 Å². The Labute approximate surface area is 355 Å². The van der Waals surface area contributed by atoms with Crippen molar-refractivity contribution < 1.29 is 48.9 Å². The van der Waals surface area contributed by atoms with Gasteiger partial charge < -0.3 is 30.7 Å². The molecule has 2 aliphatic rings. The maximum absolute atomic E-state index is 14.3. The molecule has 2 bridgehead atoms. The highest BCUT2D eigenvalue weighted by molar-refractivity contribution is 5.93. The van der Waals surface area contributed by atoms with E-state index < -0.39 is 72.0 Å². The lowest BCUT2D eigenvalue weighted by molar-refractivity contribution is -0.162. The quantitative estimate of drug-likeness (QED) is 0.0853. The molecular formula is C45H69N5O10. The fourth-order valence-corrected chi connectivity index (χ4v) is 6.68. The number of aromatic hydroxyl groups is 1. The summed E-state index contributed by atoms with van der Waals surface area (Å²) in [5, 5.41) is 39.8. The standard InChI is InChI=1S/C43H63N5O10.C2H6/c1-27(2)38-41(54)44-35(26-31-17-13-18-32(50)25-31)42(55)48-24-14-19-34(46-48)43(56)58-36(28(3)16-12-21-37(51)47(6)57-7)20-11-9-8-10-15-29(4)39(52)33(40(53)45-38)23-22-30(5)49;1-2/h8-13,16-18,21,25,27,29-30,33-36,38-39,46,49-50,52H,14-15,19-20,22-24,26H2,1-7H3,(H,44,54)(H,45,53);1-2H3/b10-8+,11-9+,21-12+,28-16+;/t29-,30?,33+,34?,35?,36-,38?,39?;/m0./s1. The van der Waals surface area contributed by atoms with E-state index in [0.717, 1.165) is 5.06 Å². The largest absolute Gasteiger partial charge is 0.508 e. The number of carbonyl (C=O) groups excluding carboxylic acids is 5. The van der Waals surface area contributed by atoms with Crippen LogP contribution in [0.3, 0.4) is 0 Å². The number of phenolic OH excluding ortho intramolecular Hbond substituents is 1. The van der Waals surface area contributed by atoms with Crippen molar-refractivity contribution in [3.8, 4) is 5.75 Å². The smallest absolute Gasteiger partial charge is 0.325 e. The summed E-state index contributed by atoms with van der Waals surface area (Å²) >= 11 is 0. The van der Waals surface area contributed by atoms with Crippen molar-refractivity contribution in [1.29, 1.82) is 0 Å². The first-order valence-corrected chi connectivity index (χ1v) is 21.0. The van der Waals surface area contributed by atoms with E-state index in [1.807, 2.05) is 32.9 Å². The number of nitrogens with zero attached hydrogens (tertiary/aromatic N) is 2. The van der Waals surface area contributed by atoms with Gasteiger partial charge in [-0.1, -0.05) is 83.2 Å². The van der Waals surface area contributed by atoms with Crippen LogP contribution in [-0.4, -0.2) is 112 Å². The van der Waals surface area contributed by atoms with Gasteiger partial charge in [0.05, 0.1) is 25.2 Å². The molecule has 0 radical (unpaired) electrons. The SMILES string of the molecule is CC.CON(C)C(=O)/C=C/C=C(\C)[C@@H]1C/C=C/C=C/C[C@H](C)C(O)[C@@H](CCC(C)O)C(=O)NC(C(C)C)C(=O)NC(Cc2cccc(O)c2)C(=O)N2CCCC(N2)C(=O)O1. The van der Waals surface area contributed by atoms with Gasteiger partial charge >= 0.3 is 5.97 Å². The summed E-state index contributed by atoms with van der Waals surface area (Å²) in [7, 11) is 2.85. The van der Waals surface area contributed by atoms with Gasteiger partial charge in [-0.25, -0.2) is 10.5 Å². The predicted octanol–water partition coefficient (Wildman–Crippen LogP) is 4.20. The lowest BCUT2D eigenvalue weighted by Gasteiger charge is -2.36. The topological polar surface area (TPSA) is 207 Å². The summed E-state index contributed by atoms with van der Waals surface area (Å²) in [5.74, 6) is -4.46. The van der Waals surface area contributed by atoms with Crippen LogP contribution in [0.25, 0.3) is 0 Å². The van der Waals surface area contributed by atoms with E-state index in [1.165, 1.54) is 43.5 Å². The fourth-order valence-electron chi connectivity index (χ4n) is 6.68. The van der Waals surface area contributed by atoms with Crippen molar-refractivity contribution in [3.05, 3.63) is 77.9 Å². The van der Waals surface area contributed by atoms with Gasteiger partial charge in [-0.05, 0) is 81.1 Å². The van der Waals surface area contributed by atoms with Crippen molar-refractivity contribution >= 4 is 29.6 Å². The van der Waals surface area contributed by atoms with Crippen LogP contribution in [0, 0.1) is 17.8 Å². The highest BCUT2D eigenvalue weighted by atomic mass is 16.7. The number of hydrogen-bond donors (Lipinski definition) is 6. The number of phenols is 1. The van der Waals surface area contributed by atoms with Crippen LogP contribution in [-0.2, 0) is 40.0 Å². The van der Waals surface area contributed by atoms with E-state index in [9.17, 15) is 39.3 Å². The number of hydroxylamine groups is 2. The van der Waals surface area contributed by atoms with Crippen LogP contribution in [0.5, 0.6) is 5.75 Å². The molecule has 1 aromatic carbocycles. The molecule has 0 saturated carbocycles. The van der Waals surface area contributed by atoms with E-state index in [1.54, 1.807) is 58.1 Å². The minimum absolute atomic E-state index is 0.0135. The molecule has 1 saturated heterocycles. The summed E-state index contributed by atoms with van der Waals surface area (Å²) < 4.78 is 6.03. The lowest BCUT2D eigenvalue weighted by Crippen LogP contribution is -2.62. The molecule has 4 amide bonds. The Balaban J connectivity index is 0.00000610. The number of cyclic esters (lactones) is 1. The summed E-state index contributed by atoms with van der Waals surface area (Å²) in [6, 6.07) is 3.15. The van der Waals surface area contributed by atoms with Gasteiger partial charge in [0.2, 0.25) is 11.8 Å². The molecule has 0 aliphatic carbocycles. The number of allylic oxidation sites excluding steroid dienone is 5. The van der Waals surface area contributed by atoms with Crippen LogP contribution in [0.4, 0.5) is 0 Å². The molecule has 15 nitrogen and oxygen atoms in total. The number of aliphatic hydroxyl groups is 2. The average Bonchev–Trinajstić information content (AvgIpc) is 3.22. The molecule has 1 aromatic rings. The van der Waals surface area contributed by atoms with Gasteiger partial charge in [0.15, 0.2) is 0 Å². The fraction of sp³-hybridized carbons (Fsp3) is 0.578. The number of hydrogen-bond acceptors (Lipinski definition) is 11. The minimum Gasteiger partial charge on any atom is -0.508 e. The monoisotopic (exact) mass is 840 g/mol. The van der Waals surface area contributed by atoms with Crippen LogP contribution in [0.15, 0.2) is 72.4 Å². The van der Waals surface area contributed by atoms with Crippen molar-refractivity contribution in [2.45, 2.75) is 130 Å².